The molecule has 210 valence electrons. The van der Waals surface area contributed by atoms with Gasteiger partial charge in [-0.2, -0.15) is 0 Å². The number of amides is 2. The Morgan fingerprint density at radius 2 is 1.41 bits per heavy atom. The minimum Gasteiger partial charge on any atom is -0.481 e. The monoisotopic (exact) mass is 572 g/mol. The van der Waals surface area contributed by atoms with E-state index in [4.69, 9.17) is 9.47 Å². The fourth-order valence-corrected chi connectivity index (χ4v) is 4.65. The summed E-state index contributed by atoms with van der Waals surface area (Å²) in [7, 11) is 0. The number of carbonyl (C=O) groups is 3. The van der Waals surface area contributed by atoms with Crippen LogP contribution in [-0.2, 0) is 23.9 Å². The minimum absolute atomic E-state index is 0.00964. The molecule has 0 spiro atoms. The SMILES string of the molecule is CCOC(C)SCC(=O)NCC(CC(C(=O)O)c1c(F)c(F)cc(F)c1F)NC(=O)CSC(C)OCC. The number of benzene rings is 1. The second kappa shape index (κ2) is 16.7. The van der Waals surface area contributed by atoms with Crippen LogP contribution in [0.15, 0.2) is 6.07 Å². The van der Waals surface area contributed by atoms with E-state index in [2.05, 4.69) is 10.6 Å². The number of hydrogen-bond donors (Lipinski definition) is 3. The number of rotatable bonds is 17. The third-order valence-corrected chi connectivity index (χ3v) is 6.99. The van der Waals surface area contributed by atoms with Gasteiger partial charge in [0, 0.05) is 37.4 Å². The number of aliphatic carboxylic acids is 1. The van der Waals surface area contributed by atoms with Crippen molar-refractivity contribution in [3.05, 3.63) is 34.9 Å². The molecular formula is C23H32F4N2O6S2. The van der Waals surface area contributed by atoms with Gasteiger partial charge in [0.2, 0.25) is 11.8 Å². The summed E-state index contributed by atoms with van der Waals surface area (Å²) in [5.41, 5.74) is -1.89. The van der Waals surface area contributed by atoms with Crippen molar-refractivity contribution < 1.29 is 46.5 Å². The van der Waals surface area contributed by atoms with Crippen LogP contribution in [0.25, 0.3) is 0 Å². The molecule has 0 aliphatic carbocycles. The van der Waals surface area contributed by atoms with E-state index in [1.54, 1.807) is 27.7 Å². The molecule has 0 fully saturated rings. The van der Waals surface area contributed by atoms with Crippen LogP contribution in [0, 0.1) is 23.3 Å². The highest BCUT2D eigenvalue weighted by atomic mass is 32.2. The topological polar surface area (TPSA) is 114 Å². The average molecular weight is 573 g/mol. The van der Waals surface area contributed by atoms with Crippen LogP contribution in [0.2, 0.25) is 0 Å². The number of nitrogens with one attached hydrogen (secondary N) is 2. The molecule has 0 radical (unpaired) electrons. The van der Waals surface area contributed by atoms with E-state index in [1.807, 2.05) is 0 Å². The first-order valence-corrected chi connectivity index (χ1v) is 13.6. The Balaban J connectivity index is 3.07. The Morgan fingerprint density at radius 3 is 1.86 bits per heavy atom. The number of ether oxygens (including phenoxy) is 2. The predicted octanol–water partition coefficient (Wildman–Crippen LogP) is 3.63. The summed E-state index contributed by atoms with van der Waals surface area (Å²) < 4.78 is 66.9. The van der Waals surface area contributed by atoms with Crippen molar-refractivity contribution in [2.24, 2.45) is 0 Å². The first-order valence-electron chi connectivity index (χ1n) is 11.5. The predicted molar refractivity (Wildman–Crippen MR) is 133 cm³/mol. The van der Waals surface area contributed by atoms with Gasteiger partial charge in [-0.3, -0.25) is 14.4 Å². The molecule has 4 unspecified atom stereocenters. The normalized spacial score (nSPS) is 14.5. The summed E-state index contributed by atoms with van der Waals surface area (Å²) in [5.74, 6) is -12.2. The molecule has 0 aliphatic rings. The van der Waals surface area contributed by atoms with E-state index in [-0.39, 0.29) is 35.0 Å². The van der Waals surface area contributed by atoms with Crippen molar-refractivity contribution >= 4 is 41.3 Å². The summed E-state index contributed by atoms with van der Waals surface area (Å²) in [5, 5.41) is 14.7. The molecule has 0 saturated heterocycles. The summed E-state index contributed by atoms with van der Waals surface area (Å²) in [6.45, 7) is 7.63. The molecule has 0 aromatic heterocycles. The molecule has 1 rings (SSSR count). The lowest BCUT2D eigenvalue weighted by molar-refractivity contribution is -0.139. The molecule has 0 saturated carbocycles. The molecule has 37 heavy (non-hydrogen) atoms. The third-order valence-electron chi connectivity index (χ3n) is 4.92. The zero-order valence-corrected chi connectivity index (χ0v) is 22.6. The fraction of sp³-hybridized carbons (Fsp3) is 0.609. The van der Waals surface area contributed by atoms with Crippen molar-refractivity contribution in [3.8, 4) is 0 Å². The number of carboxylic acid groups (broad SMARTS) is 1. The van der Waals surface area contributed by atoms with Crippen LogP contribution in [0.4, 0.5) is 17.6 Å². The summed E-state index contributed by atoms with van der Waals surface area (Å²) in [6.07, 6.45) is -0.660. The zero-order chi connectivity index (χ0) is 28.1. The van der Waals surface area contributed by atoms with Gasteiger partial charge in [-0.25, -0.2) is 17.6 Å². The van der Waals surface area contributed by atoms with Gasteiger partial charge in [-0.15, -0.1) is 23.5 Å². The van der Waals surface area contributed by atoms with Gasteiger partial charge in [0.05, 0.1) is 17.4 Å². The van der Waals surface area contributed by atoms with Crippen molar-refractivity contribution in [2.45, 2.75) is 56.9 Å². The van der Waals surface area contributed by atoms with Gasteiger partial charge < -0.3 is 25.2 Å². The highest BCUT2D eigenvalue weighted by molar-refractivity contribution is 8.00. The number of carboxylic acids is 1. The van der Waals surface area contributed by atoms with Crippen LogP contribution in [0.1, 0.15) is 45.6 Å². The quantitative estimate of drug-likeness (QED) is 0.147. The molecule has 2 amide bonds. The van der Waals surface area contributed by atoms with Crippen LogP contribution in [0.3, 0.4) is 0 Å². The van der Waals surface area contributed by atoms with Crippen molar-refractivity contribution in [1.82, 2.24) is 10.6 Å². The van der Waals surface area contributed by atoms with Crippen molar-refractivity contribution in [3.63, 3.8) is 0 Å². The van der Waals surface area contributed by atoms with Gasteiger partial charge in [-0.1, -0.05) is 0 Å². The maximum absolute atomic E-state index is 14.4. The van der Waals surface area contributed by atoms with Gasteiger partial charge in [0.1, 0.15) is 10.9 Å². The molecular weight excluding hydrogens is 540 g/mol. The van der Waals surface area contributed by atoms with Crippen LogP contribution in [-0.4, -0.2) is 71.1 Å². The molecule has 0 aliphatic heterocycles. The summed E-state index contributed by atoms with van der Waals surface area (Å²) in [4.78, 5) is 36.6. The highest BCUT2D eigenvalue weighted by Crippen LogP contribution is 2.30. The number of thioether (sulfide) groups is 2. The lowest BCUT2D eigenvalue weighted by atomic mass is 9.90. The number of halogens is 4. The van der Waals surface area contributed by atoms with Gasteiger partial charge in [0.25, 0.3) is 0 Å². The van der Waals surface area contributed by atoms with E-state index in [0.717, 1.165) is 11.8 Å². The van der Waals surface area contributed by atoms with E-state index < -0.39 is 65.0 Å². The van der Waals surface area contributed by atoms with Gasteiger partial charge >= 0.3 is 5.97 Å². The largest absolute Gasteiger partial charge is 0.481 e. The van der Waals surface area contributed by atoms with Crippen LogP contribution in [0.5, 0.6) is 0 Å². The smallest absolute Gasteiger partial charge is 0.311 e. The fourth-order valence-electron chi connectivity index (χ4n) is 3.23. The van der Waals surface area contributed by atoms with Crippen LogP contribution < -0.4 is 10.6 Å². The number of hydrogen-bond acceptors (Lipinski definition) is 7. The lowest BCUT2D eigenvalue weighted by Crippen LogP contribution is -2.46. The van der Waals surface area contributed by atoms with Gasteiger partial charge in [-0.05, 0) is 34.1 Å². The van der Waals surface area contributed by atoms with Crippen molar-refractivity contribution in [2.75, 3.05) is 31.3 Å². The van der Waals surface area contributed by atoms with E-state index in [1.165, 1.54) is 11.8 Å². The Labute approximate surface area is 221 Å². The molecule has 14 heteroatoms. The third kappa shape index (κ3) is 11.5. The molecule has 4 atom stereocenters. The van der Waals surface area contributed by atoms with Gasteiger partial charge in [0.15, 0.2) is 23.3 Å². The zero-order valence-electron chi connectivity index (χ0n) is 20.9. The summed E-state index contributed by atoms with van der Waals surface area (Å²) >= 11 is 2.35. The minimum atomic E-state index is -2.06. The Hall–Kier alpha value is -2.03. The molecule has 0 bridgehead atoms. The molecule has 1 aromatic carbocycles. The first-order chi connectivity index (χ1) is 17.4. The second-order valence-electron chi connectivity index (χ2n) is 7.74. The summed E-state index contributed by atoms with van der Waals surface area (Å²) in [6, 6.07) is -1.16. The molecule has 8 nitrogen and oxygen atoms in total. The molecule has 0 heterocycles. The molecule has 3 N–H and O–H groups in total. The molecule has 1 aromatic rings. The Morgan fingerprint density at radius 1 is 0.919 bits per heavy atom. The maximum Gasteiger partial charge on any atom is 0.311 e. The lowest BCUT2D eigenvalue weighted by Gasteiger charge is -2.24. The Bertz CT molecular complexity index is 901. The van der Waals surface area contributed by atoms with E-state index >= 15 is 0 Å². The first kappa shape index (κ1) is 33.0. The van der Waals surface area contributed by atoms with E-state index in [9.17, 15) is 37.1 Å². The average Bonchev–Trinajstić information content (AvgIpc) is 2.83. The second-order valence-corrected chi connectivity index (χ2v) is 10.3. The Kier molecular flexibility index (Phi) is 14.9. The van der Waals surface area contributed by atoms with Crippen LogP contribution >= 0.6 is 23.5 Å². The maximum atomic E-state index is 14.4. The highest BCUT2D eigenvalue weighted by Gasteiger charge is 2.33. The number of carbonyl (C=O) groups excluding carboxylic acids is 2. The van der Waals surface area contributed by atoms with E-state index in [0.29, 0.717) is 13.2 Å². The standard InChI is InChI=1S/C23H32F4N2O6S2/c1-5-34-12(3)36-10-18(30)28-9-14(29-19(31)11-37-13(4)35-6-2)7-15(23(32)33)20-21(26)16(24)8-17(25)22(20)27/h8,12-15H,5-7,9-11H2,1-4H3,(H,28,30)(H,29,31)(H,32,33). The van der Waals surface area contributed by atoms with Crippen molar-refractivity contribution in [1.29, 1.82) is 0 Å².